The van der Waals surface area contributed by atoms with Crippen LogP contribution in [0.3, 0.4) is 0 Å². The van der Waals surface area contributed by atoms with E-state index in [0.717, 1.165) is 63.2 Å². The Kier molecular flexibility index (Phi) is 9.24. The van der Waals surface area contributed by atoms with Gasteiger partial charge in [0.15, 0.2) is 5.96 Å². The van der Waals surface area contributed by atoms with E-state index in [4.69, 9.17) is 4.74 Å². The minimum Gasteiger partial charge on any atom is -0.493 e. The Morgan fingerprint density at radius 3 is 2.71 bits per heavy atom. The number of ether oxygens (including phenoxy) is 1. The third kappa shape index (κ3) is 6.72. The highest BCUT2D eigenvalue weighted by Crippen LogP contribution is 2.25. The van der Waals surface area contributed by atoms with Gasteiger partial charge in [0.1, 0.15) is 11.6 Å². The summed E-state index contributed by atoms with van der Waals surface area (Å²) in [7, 11) is 1.82. The van der Waals surface area contributed by atoms with E-state index in [2.05, 4.69) is 55.8 Å². The summed E-state index contributed by atoms with van der Waals surface area (Å²) in [6, 6.07) is 10.8. The molecule has 1 fully saturated rings. The number of aliphatic imine (C=N–C) groups is 1. The molecule has 1 aromatic carbocycles. The number of anilines is 1. The van der Waals surface area contributed by atoms with Gasteiger partial charge >= 0.3 is 0 Å². The predicted octanol–water partition coefficient (Wildman–Crippen LogP) is 3.92. The van der Waals surface area contributed by atoms with Crippen molar-refractivity contribution in [1.82, 2.24) is 15.6 Å². The fourth-order valence-electron chi connectivity index (χ4n) is 4.17. The van der Waals surface area contributed by atoms with Crippen molar-refractivity contribution in [3.05, 3.63) is 53.2 Å². The van der Waals surface area contributed by atoms with Crippen molar-refractivity contribution in [2.75, 3.05) is 38.2 Å². The van der Waals surface area contributed by atoms with Crippen LogP contribution < -0.4 is 20.3 Å². The Morgan fingerprint density at radius 2 is 1.90 bits per heavy atom. The van der Waals surface area contributed by atoms with Crippen LogP contribution in [0.15, 0.2) is 41.5 Å². The second-order valence-electron chi connectivity index (χ2n) is 8.07. The number of benzene rings is 1. The van der Waals surface area contributed by atoms with Gasteiger partial charge in [-0.15, -0.1) is 24.0 Å². The van der Waals surface area contributed by atoms with E-state index >= 15 is 0 Å². The first-order valence-corrected chi connectivity index (χ1v) is 11.2. The molecule has 2 aromatic rings. The SMILES string of the molecule is CN=C(NCCc1ccc2c(c1)CCO2)NCc1ccnc(N2CCCCCC2)c1.I. The monoisotopic (exact) mass is 535 g/mol. The Hall–Kier alpha value is -2.03. The molecule has 0 radical (unpaired) electrons. The van der Waals surface area contributed by atoms with Crippen LogP contribution in [0.4, 0.5) is 5.82 Å². The molecule has 3 heterocycles. The number of fused-ring (bicyclic) bond motifs is 1. The molecular weight excluding hydrogens is 501 g/mol. The zero-order valence-corrected chi connectivity index (χ0v) is 20.7. The average Bonchev–Trinajstić information content (AvgIpc) is 3.08. The largest absolute Gasteiger partial charge is 0.493 e. The molecule has 0 bridgehead atoms. The minimum absolute atomic E-state index is 0. The van der Waals surface area contributed by atoms with Crippen LogP contribution >= 0.6 is 24.0 Å². The fraction of sp³-hybridized carbons (Fsp3) is 0.500. The topological polar surface area (TPSA) is 61.8 Å². The number of hydrogen-bond donors (Lipinski definition) is 2. The van der Waals surface area contributed by atoms with Gasteiger partial charge in [-0.3, -0.25) is 4.99 Å². The molecule has 2 N–H and O–H groups in total. The predicted molar refractivity (Wildman–Crippen MR) is 138 cm³/mol. The highest BCUT2D eigenvalue weighted by atomic mass is 127. The number of halogens is 1. The first-order chi connectivity index (χ1) is 14.8. The molecule has 0 saturated carbocycles. The maximum absolute atomic E-state index is 5.59. The number of aromatic nitrogens is 1. The average molecular weight is 535 g/mol. The number of nitrogens with one attached hydrogen (secondary N) is 2. The number of nitrogens with zero attached hydrogens (tertiary/aromatic N) is 3. The molecule has 0 aliphatic carbocycles. The third-order valence-electron chi connectivity index (χ3n) is 5.88. The van der Waals surface area contributed by atoms with Gasteiger partial charge in [0, 0.05) is 45.8 Å². The lowest BCUT2D eigenvalue weighted by molar-refractivity contribution is 0.357. The van der Waals surface area contributed by atoms with Gasteiger partial charge in [-0.2, -0.15) is 0 Å². The maximum Gasteiger partial charge on any atom is 0.191 e. The van der Waals surface area contributed by atoms with Crippen molar-refractivity contribution in [2.24, 2.45) is 4.99 Å². The van der Waals surface area contributed by atoms with E-state index in [-0.39, 0.29) is 24.0 Å². The third-order valence-corrected chi connectivity index (χ3v) is 5.88. The second-order valence-corrected chi connectivity index (χ2v) is 8.07. The Balaban J connectivity index is 0.00000272. The molecule has 2 aliphatic heterocycles. The lowest BCUT2D eigenvalue weighted by Crippen LogP contribution is -2.37. The Bertz CT molecular complexity index is 865. The second kappa shape index (κ2) is 12.1. The molecule has 0 spiro atoms. The van der Waals surface area contributed by atoms with Crippen molar-refractivity contribution in [2.45, 2.75) is 45.1 Å². The summed E-state index contributed by atoms with van der Waals surface area (Å²) in [4.78, 5) is 11.4. The lowest BCUT2D eigenvalue weighted by atomic mass is 10.1. The molecule has 0 amide bonds. The van der Waals surface area contributed by atoms with Gasteiger partial charge in [-0.1, -0.05) is 25.0 Å². The molecule has 1 aromatic heterocycles. The smallest absolute Gasteiger partial charge is 0.191 e. The van der Waals surface area contributed by atoms with Crippen LogP contribution in [0.2, 0.25) is 0 Å². The quantitative estimate of drug-likeness (QED) is 0.334. The van der Waals surface area contributed by atoms with Crippen molar-refractivity contribution in [1.29, 1.82) is 0 Å². The first kappa shape index (κ1) is 23.6. The molecule has 0 unspecified atom stereocenters. The van der Waals surface area contributed by atoms with Crippen LogP contribution in [0.1, 0.15) is 42.4 Å². The Morgan fingerprint density at radius 1 is 1.06 bits per heavy atom. The summed E-state index contributed by atoms with van der Waals surface area (Å²) in [5, 5.41) is 6.85. The van der Waals surface area contributed by atoms with Crippen molar-refractivity contribution < 1.29 is 4.74 Å². The molecular formula is C24H34IN5O. The molecule has 2 aliphatic rings. The van der Waals surface area contributed by atoms with Gasteiger partial charge in [0.05, 0.1) is 6.61 Å². The van der Waals surface area contributed by atoms with E-state index in [1.165, 1.54) is 42.4 Å². The number of guanidine groups is 1. The molecule has 0 atom stereocenters. The van der Waals surface area contributed by atoms with Crippen molar-refractivity contribution in [3.8, 4) is 5.75 Å². The van der Waals surface area contributed by atoms with Gasteiger partial charge in [-0.05, 0) is 54.2 Å². The van der Waals surface area contributed by atoms with E-state index in [1.807, 2.05) is 13.2 Å². The lowest BCUT2D eigenvalue weighted by Gasteiger charge is -2.22. The van der Waals surface area contributed by atoms with Gasteiger partial charge in [0.25, 0.3) is 0 Å². The number of rotatable bonds is 6. The zero-order valence-electron chi connectivity index (χ0n) is 18.4. The molecule has 4 rings (SSSR count). The summed E-state index contributed by atoms with van der Waals surface area (Å²) < 4.78 is 5.59. The van der Waals surface area contributed by atoms with Crippen LogP contribution in [0, 0.1) is 0 Å². The normalized spacial score (nSPS) is 16.0. The summed E-state index contributed by atoms with van der Waals surface area (Å²) in [6.07, 6.45) is 9.09. The van der Waals surface area contributed by atoms with Crippen LogP contribution in [-0.2, 0) is 19.4 Å². The highest BCUT2D eigenvalue weighted by molar-refractivity contribution is 14.0. The van der Waals surface area contributed by atoms with E-state index in [1.54, 1.807) is 0 Å². The van der Waals surface area contributed by atoms with E-state index in [9.17, 15) is 0 Å². The maximum atomic E-state index is 5.59. The summed E-state index contributed by atoms with van der Waals surface area (Å²) in [6.45, 7) is 4.61. The van der Waals surface area contributed by atoms with Crippen LogP contribution in [0.5, 0.6) is 5.75 Å². The number of pyridine rings is 1. The van der Waals surface area contributed by atoms with Gasteiger partial charge in [-0.25, -0.2) is 4.98 Å². The van der Waals surface area contributed by atoms with Crippen molar-refractivity contribution in [3.63, 3.8) is 0 Å². The standard InChI is InChI=1S/C24H33N5O.HI/c1-25-24(27-12-8-19-6-7-22-21(16-19)10-15-30-22)28-18-20-9-11-26-23(17-20)29-13-4-2-3-5-14-29;/h6-7,9,11,16-17H,2-5,8,10,12-15,18H2,1H3,(H2,25,27,28);1H. The van der Waals surface area contributed by atoms with Crippen LogP contribution in [0.25, 0.3) is 0 Å². The molecule has 6 nitrogen and oxygen atoms in total. The summed E-state index contributed by atoms with van der Waals surface area (Å²) in [5.74, 6) is 2.97. The zero-order chi connectivity index (χ0) is 20.6. The molecule has 1 saturated heterocycles. The first-order valence-electron chi connectivity index (χ1n) is 11.2. The molecule has 31 heavy (non-hydrogen) atoms. The Labute approximate surface area is 202 Å². The van der Waals surface area contributed by atoms with E-state index < -0.39 is 0 Å². The summed E-state index contributed by atoms with van der Waals surface area (Å²) >= 11 is 0. The van der Waals surface area contributed by atoms with Crippen molar-refractivity contribution >= 4 is 35.8 Å². The highest BCUT2D eigenvalue weighted by Gasteiger charge is 2.13. The number of hydrogen-bond acceptors (Lipinski definition) is 4. The van der Waals surface area contributed by atoms with Gasteiger partial charge < -0.3 is 20.3 Å². The van der Waals surface area contributed by atoms with E-state index in [0.29, 0.717) is 0 Å². The van der Waals surface area contributed by atoms with Crippen LogP contribution in [-0.4, -0.2) is 44.2 Å². The molecule has 7 heteroatoms. The minimum atomic E-state index is 0. The van der Waals surface area contributed by atoms with Gasteiger partial charge in [0.2, 0.25) is 0 Å². The summed E-state index contributed by atoms with van der Waals surface area (Å²) in [5.41, 5.74) is 3.89. The fourth-order valence-corrected chi connectivity index (χ4v) is 4.17. The molecule has 168 valence electrons.